The number of amides is 1. The van der Waals surface area contributed by atoms with Crippen LogP contribution in [0.25, 0.3) is 11.0 Å². The van der Waals surface area contributed by atoms with Crippen LogP contribution >= 0.6 is 22.9 Å². The zero-order valence-corrected chi connectivity index (χ0v) is 16.7. The van der Waals surface area contributed by atoms with E-state index < -0.39 is 11.9 Å². The summed E-state index contributed by atoms with van der Waals surface area (Å²) in [6.07, 6.45) is 3.96. The Labute approximate surface area is 173 Å². The Balaban J connectivity index is 1.81. The molecule has 0 radical (unpaired) electrons. The largest absolute Gasteiger partial charge is 0.450 e. The van der Waals surface area contributed by atoms with Gasteiger partial charge < -0.3 is 4.42 Å². The van der Waals surface area contributed by atoms with Crippen LogP contribution < -0.4 is 10.3 Å². The molecule has 1 unspecified atom stereocenters. The third-order valence-corrected chi connectivity index (χ3v) is 6.10. The Hall–Kier alpha value is -3.10. The maximum absolute atomic E-state index is 13.4. The Morgan fingerprint density at radius 3 is 2.83 bits per heavy atom. The molecule has 9 heteroatoms. The van der Waals surface area contributed by atoms with E-state index in [4.69, 9.17) is 16.0 Å². The van der Waals surface area contributed by atoms with E-state index in [9.17, 15) is 9.59 Å². The molecular weight excluding hydrogens is 412 g/mol. The van der Waals surface area contributed by atoms with Crippen LogP contribution in [-0.4, -0.2) is 21.1 Å². The first-order valence-corrected chi connectivity index (χ1v) is 10.1. The van der Waals surface area contributed by atoms with Gasteiger partial charge in [-0.25, -0.2) is 0 Å². The molecule has 7 nitrogen and oxygen atoms in total. The highest BCUT2D eigenvalue weighted by atomic mass is 35.5. The van der Waals surface area contributed by atoms with Gasteiger partial charge in [0.1, 0.15) is 10.6 Å². The number of halogens is 1. The summed E-state index contributed by atoms with van der Waals surface area (Å²) in [5.41, 5.74) is 0.950. The number of hydrogen-bond donors (Lipinski definition) is 0. The van der Waals surface area contributed by atoms with Crippen molar-refractivity contribution in [2.45, 2.75) is 19.4 Å². The molecule has 3 aromatic heterocycles. The van der Waals surface area contributed by atoms with Crippen LogP contribution in [0, 0.1) is 0 Å². The van der Waals surface area contributed by atoms with Crippen LogP contribution in [0.2, 0.25) is 5.02 Å². The third kappa shape index (κ3) is 2.75. The fourth-order valence-corrected chi connectivity index (χ4v) is 4.46. The molecule has 144 valence electrons. The Bertz CT molecular complexity index is 1320. The van der Waals surface area contributed by atoms with Gasteiger partial charge in [0.15, 0.2) is 5.43 Å². The number of carbonyl (C=O) groups excluding carboxylic acids is 1. The summed E-state index contributed by atoms with van der Waals surface area (Å²) in [4.78, 5) is 32.3. The number of hydrogen-bond acceptors (Lipinski definition) is 7. The van der Waals surface area contributed by atoms with E-state index >= 15 is 0 Å². The summed E-state index contributed by atoms with van der Waals surface area (Å²) in [5, 5.41) is 10.3. The topological polar surface area (TPSA) is 89.2 Å². The first-order valence-electron chi connectivity index (χ1n) is 8.90. The minimum Gasteiger partial charge on any atom is -0.450 e. The second-order valence-corrected chi connectivity index (χ2v) is 7.99. The van der Waals surface area contributed by atoms with Crippen LogP contribution in [-0.2, 0) is 6.42 Å². The molecule has 4 heterocycles. The molecule has 0 spiro atoms. The number of anilines is 1. The van der Waals surface area contributed by atoms with Crippen molar-refractivity contribution in [1.29, 1.82) is 0 Å². The maximum Gasteiger partial charge on any atom is 0.297 e. The first-order chi connectivity index (χ1) is 14.1. The van der Waals surface area contributed by atoms with E-state index in [1.54, 1.807) is 36.7 Å². The third-order valence-electron chi connectivity index (χ3n) is 4.80. The smallest absolute Gasteiger partial charge is 0.297 e. The van der Waals surface area contributed by atoms with Gasteiger partial charge in [-0.3, -0.25) is 19.5 Å². The van der Waals surface area contributed by atoms with Crippen molar-refractivity contribution in [3.05, 3.63) is 79.9 Å². The van der Waals surface area contributed by atoms with Gasteiger partial charge in [0.05, 0.1) is 17.0 Å². The summed E-state index contributed by atoms with van der Waals surface area (Å²) >= 11 is 7.40. The number of rotatable bonds is 3. The van der Waals surface area contributed by atoms with Gasteiger partial charge in [0.25, 0.3) is 5.91 Å². The molecule has 0 fully saturated rings. The molecule has 0 saturated heterocycles. The van der Waals surface area contributed by atoms with Crippen LogP contribution in [0.1, 0.15) is 39.7 Å². The molecule has 1 amide bonds. The van der Waals surface area contributed by atoms with Gasteiger partial charge in [-0.15, -0.1) is 10.2 Å². The number of nitrogens with zero attached hydrogens (tertiary/aromatic N) is 4. The Kier molecular flexibility index (Phi) is 4.18. The fraction of sp³-hybridized carbons (Fsp3) is 0.150. The number of fused-ring (bicyclic) bond motifs is 2. The highest BCUT2D eigenvalue weighted by Crippen LogP contribution is 2.42. The van der Waals surface area contributed by atoms with Crippen LogP contribution in [0.3, 0.4) is 0 Å². The van der Waals surface area contributed by atoms with Gasteiger partial charge in [0, 0.05) is 17.4 Å². The highest BCUT2D eigenvalue weighted by molar-refractivity contribution is 7.15. The fourth-order valence-electron chi connectivity index (χ4n) is 3.48. The lowest BCUT2D eigenvalue weighted by molar-refractivity contribution is 0.0970. The summed E-state index contributed by atoms with van der Waals surface area (Å²) in [7, 11) is 0. The molecule has 0 aliphatic carbocycles. The quantitative estimate of drug-likeness (QED) is 0.493. The van der Waals surface area contributed by atoms with E-state index in [0.717, 1.165) is 5.01 Å². The van der Waals surface area contributed by atoms with Crippen molar-refractivity contribution < 1.29 is 9.21 Å². The second kappa shape index (κ2) is 6.75. The van der Waals surface area contributed by atoms with Gasteiger partial charge in [-0.05, 0) is 36.2 Å². The van der Waals surface area contributed by atoms with E-state index in [-0.39, 0.29) is 16.8 Å². The average molecular weight is 425 g/mol. The second-order valence-electron chi connectivity index (χ2n) is 6.51. The molecule has 0 bridgehead atoms. The lowest BCUT2D eigenvalue weighted by Gasteiger charge is -2.21. The maximum atomic E-state index is 13.4. The molecule has 1 aromatic carbocycles. The lowest BCUT2D eigenvalue weighted by Crippen LogP contribution is -2.29. The number of aryl methyl sites for hydroxylation is 1. The first kappa shape index (κ1) is 18.0. The van der Waals surface area contributed by atoms with Crippen molar-refractivity contribution in [2.75, 3.05) is 4.90 Å². The van der Waals surface area contributed by atoms with Gasteiger partial charge in [-0.2, -0.15) is 0 Å². The van der Waals surface area contributed by atoms with Crippen LogP contribution in [0.15, 0.2) is 51.9 Å². The molecular formula is C20H13ClN4O3S. The number of pyridine rings is 1. The molecule has 1 atom stereocenters. The van der Waals surface area contributed by atoms with Crippen molar-refractivity contribution in [2.24, 2.45) is 0 Å². The highest BCUT2D eigenvalue weighted by Gasteiger charge is 2.45. The monoisotopic (exact) mass is 424 g/mol. The standard InChI is InChI=1S/C20H13ClN4O3S/c1-2-14-23-24-20(29-14)25-16(10-4-3-7-22-9-10)15-17(26)12-8-11(21)5-6-13(12)28-18(15)19(25)27/h3-9,16H,2H2,1H3. The summed E-state index contributed by atoms with van der Waals surface area (Å²) in [6, 6.07) is 7.63. The summed E-state index contributed by atoms with van der Waals surface area (Å²) in [5.74, 6) is -0.423. The molecule has 1 aliphatic heterocycles. The van der Waals surface area contributed by atoms with Crippen LogP contribution in [0.5, 0.6) is 0 Å². The number of benzene rings is 1. The zero-order chi connectivity index (χ0) is 20.1. The van der Waals surface area contributed by atoms with Gasteiger partial charge in [0.2, 0.25) is 10.9 Å². The van der Waals surface area contributed by atoms with E-state index in [0.29, 0.717) is 33.1 Å². The van der Waals surface area contributed by atoms with E-state index in [1.165, 1.54) is 16.2 Å². The van der Waals surface area contributed by atoms with Crippen molar-refractivity contribution in [3.63, 3.8) is 0 Å². The lowest BCUT2D eigenvalue weighted by atomic mass is 10.0. The summed E-state index contributed by atoms with van der Waals surface area (Å²) in [6.45, 7) is 1.96. The normalized spacial score (nSPS) is 15.9. The molecule has 1 aliphatic rings. The molecule has 0 saturated carbocycles. The molecule has 0 N–H and O–H groups in total. The Morgan fingerprint density at radius 1 is 1.24 bits per heavy atom. The number of aromatic nitrogens is 3. The van der Waals surface area contributed by atoms with Crippen molar-refractivity contribution >= 4 is 44.9 Å². The van der Waals surface area contributed by atoms with Gasteiger partial charge in [-0.1, -0.05) is 35.9 Å². The minimum absolute atomic E-state index is 0.00641. The molecule has 4 aromatic rings. The van der Waals surface area contributed by atoms with E-state index in [1.807, 2.05) is 13.0 Å². The summed E-state index contributed by atoms with van der Waals surface area (Å²) < 4.78 is 5.88. The van der Waals surface area contributed by atoms with Gasteiger partial charge >= 0.3 is 0 Å². The molecule has 29 heavy (non-hydrogen) atoms. The minimum atomic E-state index is -0.705. The zero-order valence-electron chi connectivity index (χ0n) is 15.1. The average Bonchev–Trinajstić information content (AvgIpc) is 3.32. The predicted molar refractivity (Wildman–Crippen MR) is 110 cm³/mol. The number of carbonyl (C=O) groups is 1. The van der Waals surface area contributed by atoms with E-state index in [2.05, 4.69) is 15.2 Å². The van der Waals surface area contributed by atoms with Crippen molar-refractivity contribution in [3.8, 4) is 0 Å². The SMILES string of the molecule is CCc1nnc(N2C(=O)c3oc4ccc(Cl)cc4c(=O)c3C2c2cccnc2)s1. The predicted octanol–water partition coefficient (Wildman–Crippen LogP) is 4.01. The van der Waals surface area contributed by atoms with Crippen LogP contribution in [0.4, 0.5) is 5.13 Å². The van der Waals surface area contributed by atoms with Crippen molar-refractivity contribution in [1.82, 2.24) is 15.2 Å². The molecule has 5 rings (SSSR count). The Morgan fingerprint density at radius 2 is 2.10 bits per heavy atom.